The summed E-state index contributed by atoms with van der Waals surface area (Å²) in [5.41, 5.74) is 2.45. The first-order chi connectivity index (χ1) is 8.81. The number of ether oxygens (including phenoxy) is 1. The molecule has 88 valence electrons. The van der Waals surface area contributed by atoms with Gasteiger partial charge in [0.2, 0.25) is 0 Å². The van der Waals surface area contributed by atoms with E-state index in [4.69, 9.17) is 10.00 Å². The van der Waals surface area contributed by atoms with Crippen LogP contribution in [0.15, 0.2) is 42.5 Å². The Balaban J connectivity index is 2.71. The second-order valence-electron chi connectivity index (χ2n) is 3.70. The Kier molecular flexibility index (Phi) is 3.40. The van der Waals surface area contributed by atoms with Crippen molar-refractivity contribution in [2.24, 2.45) is 0 Å². The highest BCUT2D eigenvalue weighted by Crippen LogP contribution is 2.31. The first-order valence-corrected chi connectivity index (χ1v) is 5.43. The number of nitriles is 1. The molecule has 0 amide bonds. The topological polar surface area (TPSA) is 50.1 Å². The monoisotopic (exact) mass is 237 g/mol. The summed E-state index contributed by atoms with van der Waals surface area (Å²) in [6, 6.07) is 15.0. The summed E-state index contributed by atoms with van der Waals surface area (Å²) >= 11 is 0. The minimum Gasteiger partial charge on any atom is -0.495 e. The van der Waals surface area contributed by atoms with Gasteiger partial charge in [-0.25, -0.2) is 0 Å². The Morgan fingerprint density at radius 3 is 2.44 bits per heavy atom. The molecule has 3 nitrogen and oxygen atoms in total. The van der Waals surface area contributed by atoms with Gasteiger partial charge in [-0.15, -0.1) is 0 Å². The van der Waals surface area contributed by atoms with Gasteiger partial charge in [0.15, 0.2) is 6.29 Å². The second kappa shape index (κ2) is 5.15. The van der Waals surface area contributed by atoms with E-state index in [2.05, 4.69) is 0 Å². The summed E-state index contributed by atoms with van der Waals surface area (Å²) in [5, 5.41) is 8.99. The van der Waals surface area contributed by atoms with E-state index in [0.717, 1.165) is 17.4 Å². The average Bonchev–Trinajstić information content (AvgIpc) is 2.46. The van der Waals surface area contributed by atoms with Crippen LogP contribution in [0.5, 0.6) is 5.75 Å². The zero-order chi connectivity index (χ0) is 13.0. The van der Waals surface area contributed by atoms with Crippen molar-refractivity contribution in [1.29, 1.82) is 5.26 Å². The van der Waals surface area contributed by atoms with E-state index in [1.807, 2.05) is 36.4 Å². The zero-order valence-electron chi connectivity index (χ0n) is 9.88. The third kappa shape index (κ3) is 1.96. The summed E-state index contributed by atoms with van der Waals surface area (Å²) in [5.74, 6) is 0.328. The number of methoxy groups -OCH3 is 1. The van der Waals surface area contributed by atoms with Gasteiger partial charge in [0.05, 0.1) is 18.2 Å². The lowest BCUT2D eigenvalue weighted by atomic mass is 9.97. The standard InChI is InChI=1S/C15H11NO2/c1-18-15-12(9-16)7-8-13(14(15)10-17)11-5-3-2-4-6-11/h2-8,10H,1H3. The van der Waals surface area contributed by atoms with Crippen LogP contribution in [0.2, 0.25) is 0 Å². The maximum absolute atomic E-state index is 11.3. The number of benzene rings is 2. The van der Waals surface area contributed by atoms with Gasteiger partial charge in [-0.1, -0.05) is 36.4 Å². The van der Waals surface area contributed by atoms with Crippen LogP contribution in [-0.4, -0.2) is 13.4 Å². The summed E-state index contributed by atoms with van der Waals surface area (Å²) in [4.78, 5) is 11.3. The summed E-state index contributed by atoms with van der Waals surface area (Å²) in [6.45, 7) is 0. The van der Waals surface area contributed by atoms with Crippen molar-refractivity contribution in [2.45, 2.75) is 0 Å². The Hall–Kier alpha value is -2.60. The molecule has 0 saturated heterocycles. The molecule has 18 heavy (non-hydrogen) atoms. The van der Waals surface area contributed by atoms with Gasteiger partial charge in [-0.3, -0.25) is 4.79 Å². The molecule has 0 aliphatic heterocycles. The molecule has 0 unspecified atom stereocenters. The maximum atomic E-state index is 11.3. The molecule has 0 aliphatic rings. The summed E-state index contributed by atoms with van der Waals surface area (Å²) in [6.07, 6.45) is 0.724. The van der Waals surface area contributed by atoms with Gasteiger partial charge in [-0.2, -0.15) is 5.26 Å². The Morgan fingerprint density at radius 2 is 1.89 bits per heavy atom. The number of nitrogens with zero attached hydrogens (tertiary/aromatic N) is 1. The number of hydrogen-bond acceptors (Lipinski definition) is 3. The fraction of sp³-hybridized carbons (Fsp3) is 0.0667. The first kappa shape index (κ1) is 11.9. The van der Waals surface area contributed by atoms with Crippen molar-refractivity contribution in [3.05, 3.63) is 53.6 Å². The van der Waals surface area contributed by atoms with Crippen LogP contribution in [-0.2, 0) is 0 Å². The molecule has 0 aromatic heterocycles. The fourth-order valence-corrected chi connectivity index (χ4v) is 1.89. The molecule has 2 aromatic rings. The van der Waals surface area contributed by atoms with Crippen LogP contribution in [0.3, 0.4) is 0 Å². The quantitative estimate of drug-likeness (QED) is 0.771. The lowest BCUT2D eigenvalue weighted by Crippen LogP contribution is -1.97. The highest BCUT2D eigenvalue weighted by atomic mass is 16.5. The minimum absolute atomic E-state index is 0.328. The highest BCUT2D eigenvalue weighted by Gasteiger charge is 2.14. The molecule has 0 fully saturated rings. The van der Waals surface area contributed by atoms with E-state index < -0.39 is 0 Å². The van der Waals surface area contributed by atoms with E-state index in [1.165, 1.54) is 7.11 Å². The minimum atomic E-state index is 0.328. The molecule has 0 heterocycles. The lowest BCUT2D eigenvalue weighted by molar-refractivity contribution is 0.112. The molecule has 2 rings (SSSR count). The van der Waals surface area contributed by atoms with Crippen LogP contribution in [0.4, 0.5) is 0 Å². The normalized spacial score (nSPS) is 9.56. The second-order valence-corrected chi connectivity index (χ2v) is 3.70. The molecule has 3 heteroatoms. The molecule has 0 aliphatic carbocycles. The van der Waals surface area contributed by atoms with Crippen molar-refractivity contribution >= 4 is 6.29 Å². The molecule has 2 aromatic carbocycles. The zero-order valence-corrected chi connectivity index (χ0v) is 9.88. The van der Waals surface area contributed by atoms with Gasteiger partial charge >= 0.3 is 0 Å². The predicted octanol–water partition coefficient (Wildman–Crippen LogP) is 3.05. The number of rotatable bonds is 3. The number of carbonyl (C=O) groups excluding carboxylic acids is 1. The molecule has 0 radical (unpaired) electrons. The van der Waals surface area contributed by atoms with Gasteiger partial charge in [-0.05, 0) is 17.2 Å². The van der Waals surface area contributed by atoms with Crippen molar-refractivity contribution in [3.8, 4) is 22.9 Å². The molecule has 0 N–H and O–H groups in total. The number of hydrogen-bond donors (Lipinski definition) is 0. The molecule has 0 saturated carbocycles. The van der Waals surface area contributed by atoms with Crippen LogP contribution < -0.4 is 4.74 Å². The van der Waals surface area contributed by atoms with Crippen molar-refractivity contribution in [3.63, 3.8) is 0 Å². The molecule has 0 spiro atoms. The fourth-order valence-electron chi connectivity index (χ4n) is 1.89. The average molecular weight is 237 g/mol. The summed E-state index contributed by atoms with van der Waals surface area (Å²) in [7, 11) is 1.46. The Morgan fingerprint density at radius 1 is 1.17 bits per heavy atom. The Labute approximate surface area is 105 Å². The largest absolute Gasteiger partial charge is 0.495 e. The van der Waals surface area contributed by atoms with E-state index in [0.29, 0.717) is 16.9 Å². The third-order valence-electron chi connectivity index (χ3n) is 2.72. The van der Waals surface area contributed by atoms with E-state index in [-0.39, 0.29) is 0 Å². The maximum Gasteiger partial charge on any atom is 0.154 e. The third-order valence-corrected chi connectivity index (χ3v) is 2.72. The van der Waals surface area contributed by atoms with Crippen molar-refractivity contribution in [1.82, 2.24) is 0 Å². The molecular formula is C15H11NO2. The van der Waals surface area contributed by atoms with E-state index in [9.17, 15) is 4.79 Å². The van der Waals surface area contributed by atoms with E-state index in [1.54, 1.807) is 12.1 Å². The molecular weight excluding hydrogens is 226 g/mol. The predicted molar refractivity (Wildman–Crippen MR) is 68.5 cm³/mol. The Bertz CT molecular complexity index is 612. The van der Waals surface area contributed by atoms with Crippen molar-refractivity contribution < 1.29 is 9.53 Å². The van der Waals surface area contributed by atoms with Crippen LogP contribution in [0.25, 0.3) is 11.1 Å². The van der Waals surface area contributed by atoms with Crippen LogP contribution in [0, 0.1) is 11.3 Å². The van der Waals surface area contributed by atoms with Crippen LogP contribution in [0.1, 0.15) is 15.9 Å². The smallest absolute Gasteiger partial charge is 0.154 e. The van der Waals surface area contributed by atoms with Crippen molar-refractivity contribution in [2.75, 3.05) is 7.11 Å². The number of aldehydes is 1. The number of carbonyl (C=O) groups is 1. The van der Waals surface area contributed by atoms with Crippen LogP contribution >= 0.6 is 0 Å². The van der Waals surface area contributed by atoms with Gasteiger partial charge in [0.1, 0.15) is 11.8 Å². The summed E-state index contributed by atoms with van der Waals surface area (Å²) < 4.78 is 5.17. The SMILES string of the molecule is COc1c(C#N)ccc(-c2ccccc2)c1C=O. The van der Waals surface area contributed by atoms with E-state index >= 15 is 0 Å². The lowest BCUT2D eigenvalue weighted by Gasteiger charge is -2.11. The van der Waals surface area contributed by atoms with Gasteiger partial charge < -0.3 is 4.74 Å². The molecule has 0 bridgehead atoms. The van der Waals surface area contributed by atoms with Gasteiger partial charge in [0, 0.05) is 0 Å². The first-order valence-electron chi connectivity index (χ1n) is 5.43. The highest BCUT2D eigenvalue weighted by molar-refractivity contribution is 5.92. The van der Waals surface area contributed by atoms with Gasteiger partial charge in [0.25, 0.3) is 0 Å². The molecule has 0 atom stereocenters.